The summed E-state index contributed by atoms with van der Waals surface area (Å²) < 4.78 is 18.1. The Hall–Kier alpha value is -1.92. The number of β-amino-alcohol motifs (C(OH)–C–C–N with tert-alkyl or cyclic N) is 1. The Labute approximate surface area is 132 Å². The zero-order chi connectivity index (χ0) is 15.7. The third-order valence-corrected chi connectivity index (χ3v) is 3.96. The number of hydrogen-bond acceptors (Lipinski definition) is 5. The van der Waals surface area contributed by atoms with Crippen molar-refractivity contribution in [2.75, 3.05) is 18.6 Å². The lowest BCUT2D eigenvalue weighted by Crippen LogP contribution is -2.25. The van der Waals surface area contributed by atoms with Gasteiger partial charge in [0.1, 0.15) is 10.8 Å². The summed E-state index contributed by atoms with van der Waals surface area (Å²) in [5, 5.41) is 10.4. The number of benzene rings is 1. The van der Waals surface area contributed by atoms with Gasteiger partial charge in [-0.05, 0) is 24.1 Å². The number of aliphatic hydroxyl groups excluding tert-OH is 1. The largest absolute Gasteiger partial charge is 0.467 e. The predicted octanol–water partition coefficient (Wildman–Crippen LogP) is 2.59. The SMILES string of the molecule is COc1ncc(Cl)c(N2C[C@@H](O)C[C@@H]2c2ccc(F)cc2)n1. The lowest BCUT2D eigenvalue weighted by Gasteiger charge is -2.26. The number of aromatic nitrogens is 2. The highest BCUT2D eigenvalue weighted by Gasteiger charge is 2.34. The minimum absolute atomic E-state index is 0.132. The van der Waals surface area contributed by atoms with Crippen LogP contribution in [-0.4, -0.2) is 34.8 Å². The maximum Gasteiger partial charge on any atom is 0.318 e. The molecule has 2 atom stereocenters. The molecule has 1 aliphatic heterocycles. The molecule has 0 aliphatic carbocycles. The highest BCUT2D eigenvalue weighted by molar-refractivity contribution is 6.32. The van der Waals surface area contributed by atoms with Crippen LogP contribution in [0.4, 0.5) is 10.2 Å². The average molecular weight is 324 g/mol. The number of anilines is 1. The van der Waals surface area contributed by atoms with Gasteiger partial charge in [0.25, 0.3) is 0 Å². The van der Waals surface area contributed by atoms with Crippen LogP contribution in [0.15, 0.2) is 30.5 Å². The Morgan fingerprint density at radius 2 is 2.09 bits per heavy atom. The summed E-state index contributed by atoms with van der Waals surface area (Å²) >= 11 is 6.20. The maximum absolute atomic E-state index is 13.1. The van der Waals surface area contributed by atoms with Gasteiger partial charge in [0.15, 0.2) is 5.82 Å². The molecule has 1 N–H and O–H groups in total. The summed E-state index contributed by atoms with van der Waals surface area (Å²) in [5.41, 5.74) is 0.895. The van der Waals surface area contributed by atoms with E-state index >= 15 is 0 Å². The Kier molecular flexibility index (Phi) is 4.13. The van der Waals surface area contributed by atoms with E-state index in [0.717, 1.165) is 5.56 Å². The fourth-order valence-electron chi connectivity index (χ4n) is 2.69. The molecule has 1 saturated heterocycles. The smallest absolute Gasteiger partial charge is 0.318 e. The first kappa shape index (κ1) is 15.0. The van der Waals surface area contributed by atoms with Crippen molar-refractivity contribution in [2.45, 2.75) is 18.6 Å². The molecule has 0 bridgehead atoms. The van der Waals surface area contributed by atoms with E-state index in [1.807, 2.05) is 4.90 Å². The van der Waals surface area contributed by atoms with Crippen LogP contribution in [0.5, 0.6) is 6.01 Å². The van der Waals surface area contributed by atoms with Crippen LogP contribution in [0.2, 0.25) is 5.02 Å². The van der Waals surface area contributed by atoms with Crippen molar-refractivity contribution in [3.05, 3.63) is 46.9 Å². The molecule has 2 aromatic rings. The van der Waals surface area contributed by atoms with Crippen molar-refractivity contribution in [3.63, 3.8) is 0 Å². The van der Waals surface area contributed by atoms with E-state index in [0.29, 0.717) is 23.8 Å². The molecule has 7 heteroatoms. The molecule has 1 aromatic heterocycles. The molecule has 22 heavy (non-hydrogen) atoms. The van der Waals surface area contributed by atoms with Crippen LogP contribution < -0.4 is 9.64 Å². The van der Waals surface area contributed by atoms with Crippen LogP contribution in [0.25, 0.3) is 0 Å². The highest BCUT2D eigenvalue weighted by Crippen LogP contribution is 2.38. The fraction of sp³-hybridized carbons (Fsp3) is 0.333. The van der Waals surface area contributed by atoms with E-state index in [1.165, 1.54) is 25.4 Å². The minimum Gasteiger partial charge on any atom is -0.467 e. The molecule has 2 heterocycles. The molecule has 0 radical (unpaired) electrons. The standard InChI is InChI=1S/C15H15ClFN3O2/c1-22-15-18-7-12(16)14(19-15)20-8-11(21)6-13(20)9-2-4-10(17)5-3-9/h2-5,7,11,13,21H,6,8H2,1H3/t11-,13+/m0/s1. The van der Waals surface area contributed by atoms with Crippen LogP contribution in [0, 0.1) is 5.82 Å². The van der Waals surface area contributed by atoms with Crippen molar-refractivity contribution < 1.29 is 14.2 Å². The Balaban J connectivity index is 1.98. The zero-order valence-corrected chi connectivity index (χ0v) is 12.7. The van der Waals surface area contributed by atoms with E-state index in [2.05, 4.69) is 9.97 Å². The van der Waals surface area contributed by atoms with Crippen molar-refractivity contribution >= 4 is 17.4 Å². The van der Waals surface area contributed by atoms with Crippen LogP contribution >= 0.6 is 11.6 Å². The van der Waals surface area contributed by atoms with Gasteiger partial charge in [-0.2, -0.15) is 4.98 Å². The van der Waals surface area contributed by atoms with Crippen LogP contribution in [-0.2, 0) is 0 Å². The second-order valence-electron chi connectivity index (χ2n) is 5.14. The lowest BCUT2D eigenvalue weighted by atomic mass is 10.0. The van der Waals surface area contributed by atoms with Gasteiger partial charge in [-0.3, -0.25) is 0 Å². The maximum atomic E-state index is 13.1. The molecule has 0 unspecified atom stereocenters. The normalized spacial score (nSPS) is 21.2. The van der Waals surface area contributed by atoms with Crippen molar-refractivity contribution in [1.29, 1.82) is 0 Å². The first-order valence-corrected chi connectivity index (χ1v) is 7.23. The van der Waals surface area contributed by atoms with Gasteiger partial charge in [0.05, 0.1) is 25.5 Å². The second-order valence-corrected chi connectivity index (χ2v) is 5.54. The number of methoxy groups -OCH3 is 1. The molecule has 116 valence electrons. The van der Waals surface area contributed by atoms with Crippen molar-refractivity contribution in [2.24, 2.45) is 0 Å². The number of hydrogen-bond donors (Lipinski definition) is 1. The van der Waals surface area contributed by atoms with E-state index in [4.69, 9.17) is 16.3 Å². The summed E-state index contributed by atoms with van der Waals surface area (Å²) in [5.74, 6) is 0.204. The summed E-state index contributed by atoms with van der Waals surface area (Å²) in [6.45, 7) is 0.391. The van der Waals surface area contributed by atoms with E-state index < -0.39 is 6.10 Å². The summed E-state index contributed by atoms with van der Waals surface area (Å²) in [7, 11) is 1.48. The first-order valence-electron chi connectivity index (χ1n) is 6.85. The highest BCUT2D eigenvalue weighted by atomic mass is 35.5. The Morgan fingerprint density at radius 1 is 1.36 bits per heavy atom. The van der Waals surface area contributed by atoms with Gasteiger partial charge in [0, 0.05) is 6.54 Å². The van der Waals surface area contributed by atoms with Crippen LogP contribution in [0.3, 0.4) is 0 Å². The van der Waals surface area contributed by atoms with Crippen molar-refractivity contribution in [3.8, 4) is 6.01 Å². The third kappa shape index (κ3) is 2.84. The molecule has 1 aromatic carbocycles. The van der Waals surface area contributed by atoms with Crippen molar-refractivity contribution in [1.82, 2.24) is 9.97 Å². The number of halogens is 2. The van der Waals surface area contributed by atoms with Gasteiger partial charge < -0.3 is 14.7 Å². The van der Waals surface area contributed by atoms with Gasteiger partial charge in [-0.1, -0.05) is 23.7 Å². The third-order valence-electron chi connectivity index (χ3n) is 3.69. The summed E-state index contributed by atoms with van der Waals surface area (Å²) in [6, 6.07) is 6.29. The quantitative estimate of drug-likeness (QED) is 0.941. The molecular weight excluding hydrogens is 309 g/mol. The topological polar surface area (TPSA) is 58.5 Å². The molecule has 0 spiro atoms. The minimum atomic E-state index is -0.507. The molecule has 5 nitrogen and oxygen atoms in total. The Morgan fingerprint density at radius 3 is 2.77 bits per heavy atom. The van der Waals surface area contributed by atoms with Gasteiger partial charge in [-0.15, -0.1) is 0 Å². The van der Waals surface area contributed by atoms with E-state index in [9.17, 15) is 9.50 Å². The number of aliphatic hydroxyl groups is 1. The molecule has 1 aliphatic rings. The van der Waals surface area contributed by atoms with Gasteiger partial charge >= 0.3 is 6.01 Å². The van der Waals surface area contributed by atoms with E-state index in [1.54, 1.807) is 12.1 Å². The zero-order valence-electron chi connectivity index (χ0n) is 11.9. The van der Waals surface area contributed by atoms with E-state index in [-0.39, 0.29) is 17.9 Å². The van der Waals surface area contributed by atoms with Crippen LogP contribution in [0.1, 0.15) is 18.0 Å². The monoisotopic (exact) mass is 323 g/mol. The van der Waals surface area contributed by atoms with Gasteiger partial charge in [-0.25, -0.2) is 9.37 Å². The number of ether oxygens (including phenoxy) is 1. The number of nitrogens with zero attached hydrogens (tertiary/aromatic N) is 3. The second kappa shape index (κ2) is 6.06. The first-order chi connectivity index (χ1) is 10.6. The fourth-order valence-corrected chi connectivity index (χ4v) is 2.89. The van der Waals surface area contributed by atoms with Gasteiger partial charge in [0.2, 0.25) is 0 Å². The Bertz CT molecular complexity index is 668. The molecule has 3 rings (SSSR count). The molecule has 0 amide bonds. The molecule has 1 fully saturated rings. The average Bonchev–Trinajstić information content (AvgIpc) is 2.90. The predicted molar refractivity (Wildman–Crippen MR) is 80.7 cm³/mol. The summed E-state index contributed by atoms with van der Waals surface area (Å²) in [6.07, 6.45) is 1.48. The summed E-state index contributed by atoms with van der Waals surface area (Å²) in [4.78, 5) is 10.1. The number of rotatable bonds is 3. The lowest BCUT2D eigenvalue weighted by molar-refractivity contribution is 0.194. The molecule has 0 saturated carbocycles. The molecular formula is C15H15ClFN3O2.